The summed E-state index contributed by atoms with van der Waals surface area (Å²) in [7, 11) is 0. The number of benzene rings is 1. The van der Waals surface area contributed by atoms with Crippen LogP contribution in [-0.2, 0) is 0 Å². The highest BCUT2D eigenvalue weighted by molar-refractivity contribution is 7.10. The molecule has 0 saturated carbocycles. The van der Waals surface area contributed by atoms with E-state index in [-0.39, 0.29) is 11.6 Å². The van der Waals surface area contributed by atoms with Crippen LogP contribution in [0.4, 0.5) is 0 Å². The lowest BCUT2D eigenvalue weighted by Gasteiger charge is -2.18. The molecule has 142 valence electrons. The van der Waals surface area contributed by atoms with Crippen molar-refractivity contribution >= 4 is 28.2 Å². The Morgan fingerprint density at radius 3 is 2.75 bits per heavy atom. The van der Waals surface area contributed by atoms with Crippen molar-refractivity contribution in [2.75, 3.05) is 6.54 Å². The van der Waals surface area contributed by atoms with Gasteiger partial charge < -0.3 is 9.73 Å². The molecule has 0 aliphatic carbocycles. The zero-order valence-electron chi connectivity index (χ0n) is 15.5. The first-order valence-electron chi connectivity index (χ1n) is 8.90. The molecule has 0 spiro atoms. The average molecular weight is 393 g/mol. The summed E-state index contributed by atoms with van der Waals surface area (Å²) in [5.74, 6) is -0.456. The van der Waals surface area contributed by atoms with E-state index in [4.69, 9.17) is 4.42 Å². The van der Waals surface area contributed by atoms with Gasteiger partial charge in [0.1, 0.15) is 17.2 Å². The molecular weight excluding hydrogens is 374 g/mol. The molecule has 0 bridgehead atoms. The summed E-state index contributed by atoms with van der Waals surface area (Å²) in [4.78, 5) is 26.0. The lowest BCUT2D eigenvalue weighted by atomic mass is 10.1. The molecule has 7 heteroatoms. The molecule has 28 heavy (non-hydrogen) atoms. The first-order valence-corrected chi connectivity index (χ1v) is 9.78. The molecule has 1 N–H and O–H groups in total. The number of aromatic nitrogens is 2. The average Bonchev–Trinajstić information content (AvgIpc) is 3.31. The third-order valence-electron chi connectivity index (χ3n) is 4.55. The van der Waals surface area contributed by atoms with Crippen LogP contribution >= 0.6 is 11.3 Å². The Kier molecular flexibility index (Phi) is 4.83. The molecule has 0 fully saturated rings. The minimum Gasteiger partial charge on any atom is -0.422 e. The van der Waals surface area contributed by atoms with Gasteiger partial charge in [-0.05, 0) is 43.5 Å². The number of hydrogen-bond acceptors (Lipinski definition) is 5. The molecule has 0 radical (unpaired) electrons. The second-order valence-electron chi connectivity index (χ2n) is 6.60. The van der Waals surface area contributed by atoms with Crippen LogP contribution in [0, 0.1) is 13.8 Å². The van der Waals surface area contributed by atoms with Crippen molar-refractivity contribution in [3.05, 3.63) is 86.2 Å². The fourth-order valence-electron chi connectivity index (χ4n) is 3.25. The van der Waals surface area contributed by atoms with Crippen LogP contribution in [0.3, 0.4) is 0 Å². The monoisotopic (exact) mass is 393 g/mol. The highest BCUT2D eigenvalue weighted by atomic mass is 32.1. The Hall–Kier alpha value is -3.19. The van der Waals surface area contributed by atoms with E-state index in [1.54, 1.807) is 35.6 Å². The lowest BCUT2D eigenvalue weighted by molar-refractivity contribution is 0.0945. The Morgan fingerprint density at radius 2 is 2.04 bits per heavy atom. The van der Waals surface area contributed by atoms with Crippen molar-refractivity contribution < 1.29 is 9.21 Å². The molecule has 0 unspecified atom stereocenters. The van der Waals surface area contributed by atoms with Gasteiger partial charge in [0.25, 0.3) is 5.91 Å². The first kappa shape index (κ1) is 18.2. The number of hydrogen-bond donors (Lipinski definition) is 1. The van der Waals surface area contributed by atoms with Crippen molar-refractivity contribution in [2.45, 2.75) is 19.9 Å². The topological polar surface area (TPSA) is 77.1 Å². The standard InChI is InChI=1S/C21H19N3O3S/c1-13-10-14(2)24(23-13)17(19-8-5-9-28-19)12-22-20(25)16-11-15-6-3-4-7-18(15)27-21(16)26/h3-11,17H,12H2,1-2H3,(H,22,25)/t17-/m0/s1. The zero-order valence-corrected chi connectivity index (χ0v) is 16.3. The first-order chi connectivity index (χ1) is 13.5. The molecule has 4 rings (SSSR count). The van der Waals surface area contributed by atoms with E-state index < -0.39 is 11.5 Å². The van der Waals surface area contributed by atoms with Crippen molar-refractivity contribution in [3.63, 3.8) is 0 Å². The second kappa shape index (κ2) is 7.44. The van der Waals surface area contributed by atoms with E-state index in [0.717, 1.165) is 16.3 Å². The number of amides is 1. The van der Waals surface area contributed by atoms with Crippen LogP contribution in [0.25, 0.3) is 11.0 Å². The summed E-state index contributed by atoms with van der Waals surface area (Å²) >= 11 is 1.60. The normalized spacial score (nSPS) is 12.2. The second-order valence-corrected chi connectivity index (χ2v) is 7.58. The third-order valence-corrected chi connectivity index (χ3v) is 5.53. The molecule has 3 heterocycles. The maximum atomic E-state index is 12.7. The number of nitrogens with one attached hydrogen (secondary N) is 1. The Bertz CT molecular complexity index is 1190. The van der Waals surface area contributed by atoms with E-state index in [1.165, 1.54) is 0 Å². The van der Waals surface area contributed by atoms with Crippen molar-refractivity contribution in [2.24, 2.45) is 0 Å². The zero-order chi connectivity index (χ0) is 19.7. The number of carbonyl (C=O) groups is 1. The fraction of sp³-hybridized carbons (Fsp3) is 0.190. The quantitative estimate of drug-likeness (QED) is 0.525. The van der Waals surface area contributed by atoms with Gasteiger partial charge in [0.05, 0.1) is 5.69 Å². The molecule has 0 aliphatic rings. The number of rotatable bonds is 5. The molecule has 1 aromatic carbocycles. The van der Waals surface area contributed by atoms with E-state index >= 15 is 0 Å². The lowest BCUT2D eigenvalue weighted by Crippen LogP contribution is -2.34. The number of aryl methyl sites for hydroxylation is 2. The summed E-state index contributed by atoms with van der Waals surface area (Å²) in [5, 5.41) is 10.1. The fourth-order valence-corrected chi connectivity index (χ4v) is 4.07. The van der Waals surface area contributed by atoms with Crippen LogP contribution in [0.1, 0.15) is 32.7 Å². The third kappa shape index (κ3) is 3.48. The predicted octanol–water partition coefficient (Wildman–Crippen LogP) is 3.69. The molecule has 1 amide bonds. The summed E-state index contributed by atoms with van der Waals surface area (Å²) in [6.07, 6.45) is 0. The maximum Gasteiger partial charge on any atom is 0.349 e. The number of nitrogens with zero attached hydrogens (tertiary/aromatic N) is 2. The van der Waals surface area contributed by atoms with Gasteiger partial charge in [-0.3, -0.25) is 9.48 Å². The van der Waals surface area contributed by atoms with Crippen molar-refractivity contribution in [1.29, 1.82) is 0 Å². The largest absolute Gasteiger partial charge is 0.422 e. The van der Waals surface area contributed by atoms with Crippen LogP contribution in [0.15, 0.2) is 63.1 Å². The number of carbonyl (C=O) groups excluding carboxylic acids is 1. The SMILES string of the molecule is Cc1cc(C)n([C@@H](CNC(=O)c2cc3ccccc3oc2=O)c2cccs2)n1. The Balaban J connectivity index is 1.61. The maximum absolute atomic E-state index is 12.7. The van der Waals surface area contributed by atoms with E-state index in [0.29, 0.717) is 17.5 Å². The van der Waals surface area contributed by atoms with Crippen LogP contribution in [-0.4, -0.2) is 22.2 Å². The van der Waals surface area contributed by atoms with E-state index in [9.17, 15) is 9.59 Å². The number of fused-ring (bicyclic) bond motifs is 1. The Labute approximate surface area is 165 Å². The molecule has 4 aromatic rings. The van der Waals surface area contributed by atoms with E-state index in [2.05, 4.69) is 10.4 Å². The summed E-state index contributed by atoms with van der Waals surface area (Å²) < 4.78 is 7.18. The smallest absolute Gasteiger partial charge is 0.349 e. The van der Waals surface area contributed by atoms with Gasteiger partial charge in [0, 0.05) is 22.5 Å². The van der Waals surface area contributed by atoms with Gasteiger partial charge in [0.15, 0.2) is 0 Å². The Morgan fingerprint density at radius 1 is 1.21 bits per heavy atom. The molecule has 6 nitrogen and oxygen atoms in total. The number of thiophene rings is 1. The van der Waals surface area contributed by atoms with Crippen LogP contribution < -0.4 is 10.9 Å². The van der Waals surface area contributed by atoms with Crippen LogP contribution in [0.2, 0.25) is 0 Å². The molecule has 0 aliphatic heterocycles. The van der Waals surface area contributed by atoms with E-state index in [1.807, 2.05) is 48.2 Å². The van der Waals surface area contributed by atoms with Crippen molar-refractivity contribution in [1.82, 2.24) is 15.1 Å². The van der Waals surface area contributed by atoms with Gasteiger partial charge in [-0.25, -0.2) is 4.79 Å². The van der Waals surface area contributed by atoms with Gasteiger partial charge in [-0.1, -0.05) is 24.3 Å². The van der Waals surface area contributed by atoms with Gasteiger partial charge in [0.2, 0.25) is 0 Å². The summed E-state index contributed by atoms with van der Waals surface area (Å²) in [6, 6.07) is 14.5. The van der Waals surface area contributed by atoms with Crippen molar-refractivity contribution in [3.8, 4) is 0 Å². The molecule has 1 atom stereocenters. The minimum absolute atomic E-state index is 0.00278. The molecule has 3 aromatic heterocycles. The van der Waals surface area contributed by atoms with Gasteiger partial charge in [-0.2, -0.15) is 5.10 Å². The van der Waals surface area contributed by atoms with Gasteiger partial charge in [-0.15, -0.1) is 11.3 Å². The molecule has 0 saturated heterocycles. The highest BCUT2D eigenvalue weighted by Gasteiger charge is 2.21. The van der Waals surface area contributed by atoms with Gasteiger partial charge >= 0.3 is 5.63 Å². The molecular formula is C21H19N3O3S. The highest BCUT2D eigenvalue weighted by Crippen LogP contribution is 2.24. The summed E-state index contributed by atoms with van der Waals surface area (Å²) in [5.41, 5.74) is 1.74. The van der Waals surface area contributed by atoms with Crippen LogP contribution in [0.5, 0.6) is 0 Å². The summed E-state index contributed by atoms with van der Waals surface area (Å²) in [6.45, 7) is 4.24. The predicted molar refractivity (Wildman–Crippen MR) is 109 cm³/mol. The minimum atomic E-state index is -0.644. The number of para-hydroxylation sites is 1.